The summed E-state index contributed by atoms with van der Waals surface area (Å²) in [6.07, 6.45) is 1.17. The van der Waals surface area contributed by atoms with Gasteiger partial charge >= 0.3 is 0 Å². The zero-order chi connectivity index (χ0) is 16.3. The molecule has 2 rings (SSSR count). The van der Waals surface area contributed by atoms with Crippen molar-refractivity contribution in [2.75, 3.05) is 13.1 Å². The zero-order valence-electron chi connectivity index (χ0n) is 13.9. The maximum absolute atomic E-state index is 12.1. The Morgan fingerprint density at radius 2 is 2.18 bits per heavy atom. The second kappa shape index (κ2) is 6.94. The first-order valence-electron chi connectivity index (χ1n) is 7.96. The minimum absolute atomic E-state index is 0.00938. The van der Waals surface area contributed by atoms with Crippen molar-refractivity contribution < 1.29 is 9.59 Å². The standard InChI is InChI=1S/C16H26N4O2/c1-11(2)19-10-14(9-15(19)21)16(22)17-6-5-7-20-13(4)8-12(3)18-20/h8,11,14H,5-7,9-10H2,1-4H3,(H,17,22)/t14-/m0/s1. The first-order valence-corrected chi connectivity index (χ1v) is 7.96. The molecule has 0 unspecified atom stereocenters. The molecule has 1 aromatic heterocycles. The van der Waals surface area contributed by atoms with Crippen LogP contribution in [0, 0.1) is 19.8 Å². The number of hydrogen-bond donors (Lipinski definition) is 1. The molecule has 0 spiro atoms. The number of carbonyl (C=O) groups is 2. The summed E-state index contributed by atoms with van der Waals surface area (Å²) in [5, 5.41) is 7.34. The van der Waals surface area contributed by atoms with E-state index in [9.17, 15) is 9.59 Å². The molecule has 1 atom stereocenters. The molecule has 1 saturated heterocycles. The molecule has 1 aliphatic rings. The summed E-state index contributed by atoms with van der Waals surface area (Å²) in [4.78, 5) is 25.7. The van der Waals surface area contributed by atoms with Gasteiger partial charge in [0.25, 0.3) is 0 Å². The van der Waals surface area contributed by atoms with E-state index in [1.54, 1.807) is 4.90 Å². The molecule has 2 amide bonds. The number of rotatable bonds is 6. The highest BCUT2D eigenvalue weighted by Gasteiger charge is 2.35. The largest absolute Gasteiger partial charge is 0.356 e. The maximum Gasteiger partial charge on any atom is 0.225 e. The molecular formula is C16H26N4O2. The lowest BCUT2D eigenvalue weighted by Gasteiger charge is -2.20. The van der Waals surface area contributed by atoms with Crippen LogP contribution in [-0.4, -0.2) is 45.6 Å². The van der Waals surface area contributed by atoms with Crippen LogP contribution in [0.4, 0.5) is 0 Å². The number of nitrogens with one attached hydrogen (secondary N) is 1. The lowest BCUT2D eigenvalue weighted by Crippen LogP contribution is -2.36. The highest BCUT2D eigenvalue weighted by atomic mass is 16.2. The Morgan fingerprint density at radius 3 is 2.73 bits per heavy atom. The Balaban J connectivity index is 1.72. The minimum atomic E-state index is -0.205. The van der Waals surface area contributed by atoms with E-state index in [1.807, 2.05) is 38.4 Å². The average Bonchev–Trinajstić information content (AvgIpc) is 2.97. The molecule has 1 fully saturated rings. The number of aromatic nitrogens is 2. The van der Waals surface area contributed by atoms with E-state index in [4.69, 9.17) is 0 Å². The normalized spacial score (nSPS) is 18.3. The predicted molar refractivity (Wildman–Crippen MR) is 84.3 cm³/mol. The van der Waals surface area contributed by atoms with E-state index in [2.05, 4.69) is 10.4 Å². The monoisotopic (exact) mass is 306 g/mol. The van der Waals surface area contributed by atoms with Crippen LogP contribution in [0.2, 0.25) is 0 Å². The molecule has 0 aliphatic carbocycles. The van der Waals surface area contributed by atoms with Crippen molar-refractivity contribution in [3.05, 3.63) is 17.5 Å². The summed E-state index contributed by atoms with van der Waals surface area (Å²) in [7, 11) is 0. The number of nitrogens with zero attached hydrogens (tertiary/aromatic N) is 3. The third-order valence-electron chi connectivity index (χ3n) is 4.10. The van der Waals surface area contributed by atoms with Crippen LogP contribution in [0.1, 0.15) is 38.1 Å². The van der Waals surface area contributed by atoms with Crippen molar-refractivity contribution >= 4 is 11.8 Å². The van der Waals surface area contributed by atoms with Gasteiger partial charge in [0.2, 0.25) is 11.8 Å². The highest BCUT2D eigenvalue weighted by Crippen LogP contribution is 2.20. The molecule has 6 heteroatoms. The van der Waals surface area contributed by atoms with Crippen molar-refractivity contribution in [1.82, 2.24) is 20.0 Å². The van der Waals surface area contributed by atoms with Gasteiger partial charge in [-0.1, -0.05) is 0 Å². The van der Waals surface area contributed by atoms with Gasteiger partial charge in [0.15, 0.2) is 0 Å². The predicted octanol–water partition coefficient (Wildman–Crippen LogP) is 1.26. The van der Waals surface area contributed by atoms with Gasteiger partial charge in [0.05, 0.1) is 11.6 Å². The van der Waals surface area contributed by atoms with Gasteiger partial charge in [-0.3, -0.25) is 14.3 Å². The van der Waals surface area contributed by atoms with E-state index in [0.29, 0.717) is 19.5 Å². The summed E-state index contributed by atoms with van der Waals surface area (Å²) in [5.41, 5.74) is 2.15. The summed E-state index contributed by atoms with van der Waals surface area (Å²) in [5.74, 6) is -0.133. The molecule has 0 aromatic carbocycles. The number of likely N-dealkylation sites (tertiary alicyclic amines) is 1. The third kappa shape index (κ3) is 3.87. The molecule has 0 saturated carbocycles. The molecule has 1 aromatic rings. The van der Waals surface area contributed by atoms with Crippen LogP contribution in [0.15, 0.2) is 6.07 Å². The fourth-order valence-electron chi connectivity index (χ4n) is 2.89. The summed E-state index contributed by atoms with van der Waals surface area (Å²) >= 11 is 0. The van der Waals surface area contributed by atoms with Gasteiger partial charge in [-0.15, -0.1) is 0 Å². The van der Waals surface area contributed by atoms with Gasteiger partial charge in [-0.25, -0.2) is 0 Å². The lowest BCUT2D eigenvalue weighted by molar-refractivity contribution is -0.129. The quantitative estimate of drug-likeness (QED) is 0.805. The Hall–Kier alpha value is -1.85. The molecule has 2 heterocycles. The first kappa shape index (κ1) is 16.5. The second-order valence-corrected chi connectivity index (χ2v) is 6.34. The minimum Gasteiger partial charge on any atom is -0.356 e. The molecular weight excluding hydrogens is 280 g/mol. The topological polar surface area (TPSA) is 67.2 Å². The number of hydrogen-bond acceptors (Lipinski definition) is 3. The Labute approximate surface area is 131 Å². The van der Waals surface area contributed by atoms with Gasteiger partial charge < -0.3 is 10.2 Å². The Kier molecular flexibility index (Phi) is 5.21. The number of aryl methyl sites for hydroxylation is 3. The highest BCUT2D eigenvalue weighted by molar-refractivity contribution is 5.89. The molecule has 1 N–H and O–H groups in total. The van der Waals surface area contributed by atoms with Crippen LogP contribution in [0.25, 0.3) is 0 Å². The number of carbonyl (C=O) groups excluding carboxylic acids is 2. The number of amides is 2. The Bertz CT molecular complexity index is 550. The SMILES string of the molecule is Cc1cc(C)n(CCCNC(=O)[C@H]2CC(=O)N(C(C)C)C2)n1. The van der Waals surface area contributed by atoms with Crippen LogP contribution in [-0.2, 0) is 16.1 Å². The van der Waals surface area contributed by atoms with E-state index in [-0.39, 0.29) is 23.8 Å². The van der Waals surface area contributed by atoms with E-state index in [1.165, 1.54) is 0 Å². The molecule has 6 nitrogen and oxygen atoms in total. The van der Waals surface area contributed by atoms with Crippen LogP contribution >= 0.6 is 0 Å². The fraction of sp³-hybridized carbons (Fsp3) is 0.688. The summed E-state index contributed by atoms with van der Waals surface area (Å²) < 4.78 is 1.96. The van der Waals surface area contributed by atoms with Crippen molar-refractivity contribution in [2.24, 2.45) is 5.92 Å². The van der Waals surface area contributed by atoms with Crippen LogP contribution in [0.3, 0.4) is 0 Å². The zero-order valence-corrected chi connectivity index (χ0v) is 13.9. The van der Waals surface area contributed by atoms with E-state index < -0.39 is 0 Å². The second-order valence-electron chi connectivity index (χ2n) is 6.34. The van der Waals surface area contributed by atoms with Crippen LogP contribution < -0.4 is 5.32 Å². The molecule has 0 radical (unpaired) electrons. The van der Waals surface area contributed by atoms with Crippen molar-refractivity contribution in [2.45, 2.75) is 53.1 Å². The molecule has 1 aliphatic heterocycles. The average molecular weight is 306 g/mol. The third-order valence-corrected chi connectivity index (χ3v) is 4.10. The van der Waals surface area contributed by atoms with Crippen molar-refractivity contribution in [3.63, 3.8) is 0 Å². The van der Waals surface area contributed by atoms with Crippen molar-refractivity contribution in [3.8, 4) is 0 Å². The van der Waals surface area contributed by atoms with Gasteiger partial charge in [0.1, 0.15) is 0 Å². The van der Waals surface area contributed by atoms with E-state index >= 15 is 0 Å². The molecule has 0 bridgehead atoms. The Morgan fingerprint density at radius 1 is 1.45 bits per heavy atom. The summed E-state index contributed by atoms with van der Waals surface area (Å²) in [6.45, 7) is 9.91. The van der Waals surface area contributed by atoms with Crippen molar-refractivity contribution in [1.29, 1.82) is 0 Å². The van der Waals surface area contributed by atoms with Gasteiger partial charge in [-0.2, -0.15) is 5.10 Å². The van der Waals surface area contributed by atoms with Gasteiger partial charge in [0, 0.05) is 37.8 Å². The van der Waals surface area contributed by atoms with Crippen LogP contribution in [0.5, 0.6) is 0 Å². The van der Waals surface area contributed by atoms with E-state index in [0.717, 1.165) is 24.4 Å². The lowest BCUT2D eigenvalue weighted by atomic mass is 10.1. The summed E-state index contributed by atoms with van der Waals surface area (Å²) in [6, 6.07) is 2.21. The first-order chi connectivity index (χ1) is 10.4. The van der Waals surface area contributed by atoms with Gasteiger partial charge in [-0.05, 0) is 40.2 Å². The smallest absolute Gasteiger partial charge is 0.225 e. The molecule has 22 heavy (non-hydrogen) atoms. The maximum atomic E-state index is 12.1. The molecule has 122 valence electrons. The fourth-order valence-corrected chi connectivity index (χ4v) is 2.89.